The molecule has 0 saturated heterocycles. The number of aromatic nitrogens is 2. The molecule has 1 aliphatic heterocycles. The molecule has 20 heavy (non-hydrogen) atoms. The average Bonchev–Trinajstić information content (AvgIpc) is 2.81. The monoisotopic (exact) mass is 289 g/mol. The summed E-state index contributed by atoms with van der Waals surface area (Å²) < 4.78 is 2.03. The molecule has 0 amide bonds. The fourth-order valence-corrected chi connectivity index (χ4v) is 3.08. The van der Waals surface area contributed by atoms with E-state index in [-0.39, 0.29) is 0 Å². The number of hydrogen-bond acceptors (Lipinski definition) is 2. The largest absolute Gasteiger partial charge is 0.385 e. The third-order valence-corrected chi connectivity index (χ3v) is 4.17. The normalized spacial score (nSPS) is 13.9. The maximum Gasteiger partial charge on any atom is 0.0821 e. The van der Waals surface area contributed by atoms with Gasteiger partial charge in [0.1, 0.15) is 0 Å². The zero-order chi connectivity index (χ0) is 13.9. The number of halogens is 1. The van der Waals surface area contributed by atoms with Crippen LogP contribution in [0.3, 0.4) is 0 Å². The van der Waals surface area contributed by atoms with Crippen LogP contribution >= 0.6 is 11.6 Å². The van der Waals surface area contributed by atoms with Gasteiger partial charge in [0.05, 0.1) is 16.9 Å². The summed E-state index contributed by atoms with van der Waals surface area (Å²) in [5.74, 6) is 0. The van der Waals surface area contributed by atoms with E-state index >= 15 is 0 Å². The summed E-state index contributed by atoms with van der Waals surface area (Å²) in [7, 11) is 0. The molecule has 0 fully saturated rings. The smallest absolute Gasteiger partial charge is 0.0821 e. The lowest BCUT2D eigenvalue weighted by Gasteiger charge is -2.21. The highest BCUT2D eigenvalue weighted by molar-refractivity contribution is 6.31. The molecule has 0 unspecified atom stereocenters. The van der Waals surface area contributed by atoms with Crippen molar-refractivity contribution >= 4 is 17.3 Å². The maximum atomic E-state index is 6.31. The highest BCUT2D eigenvalue weighted by Crippen LogP contribution is 2.29. The third kappa shape index (κ3) is 2.55. The summed E-state index contributed by atoms with van der Waals surface area (Å²) in [6, 6.07) is 6.56. The molecule has 0 saturated carbocycles. The summed E-state index contributed by atoms with van der Waals surface area (Å²) >= 11 is 6.31. The third-order valence-electron chi connectivity index (χ3n) is 3.85. The topological polar surface area (TPSA) is 29.9 Å². The molecule has 2 aromatic rings. The standard InChI is InChI=1S/C16H20ClN3/c1-2-9-20-15(14(17)11-19-20)10-13-6-3-5-12-7-4-8-18-16(12)13/h3,5-6,11,18H,2,4,7-10H2,1H3. The number of aryl methyl sites for hydroxylation is 2. The van der Waals surface area contributed by atoms with Crippen molar-refractivity contribution in [1.82, 2.24) is 9.78 Å². The van der Waals surface area contributed by atoms with E-state index in [2.05, 4.69) is 35.5 Å². The Labute approximate surface area is 124 Å². The minimum Gasteiger partial charge on any atom is -0.385 e. The molecule has 0 bridgehead atoms. The molecule has 3 nitrogen and oxygen atoms in total. The Morgan fingerprint density at radius 2 is 2.30 bits per heavy atom. The van der Waals surface area contributed by atoms with E-state index in [1.54, 1.807) is 6.20 Å². The van der Waals surface area contributed by atoms with E-state index < -0.39 is 0 Å². The van der Waals surface area contributed by atoms with Crippen molar-refractivity contribution in [3.63, 3.8) is 0 Å². The van der Waals surface area contributed by atoms with Crippen molar-refractivity contribution in [3.8, 4) is 0 Å². The van der Waals surface area contributed by atoms with Gasteiger partial charge < -0.3 is 5.32 Å². The van der Waals surface area contributed by atoms with Gasteiger partial charge in [-0.3, -0.25) is 4.68 Å². The molecule has 106 valence electrons. The minimum atomic E-state index is 0.770. The maximum absolute atomic E-state index is 6.31. The SMILES string of the molecule is CCCn1ncc(Cl)c1Cc1cccc2c1NCCC2. The number of anilines is 1. The van der Waals surface area contributed by atoms with E-state index in [4.69, 9.17) is 11.6 Å². The van der Waals surface area contributed by atoms with Crippen LogP contribution in [0.1, 0.15) is 36.6 Å². The fourth-order valence-electron chi connectivity index (χ4n) is 2.88. The van der Waals surface area contributed by atoms with E-state index in [0.29, 0.717) is 0 Å². The number of fused-ring (bicyclic) bond motifs is 1. The van der Waals surface area contributed by atoms with Crippen LogP contribution in [0.25, 0.3) is 0 Å². The first kappa shape index (κ1) is 13.5. The Hall–Kier alpha value is -1.48. The fraction of sp³-hybridized carbons (Fsp3) is 0.438. The molecule has 0 spiro atoms. The quantitative estimate of drug-likeness (QED) is 0.925. The van der Waals surface area contributed by atoms with Crippen LogP contribution in [0, 0.1) is 0 Å². The van der Waals surface area contributed by atoms with E-state index in [0.717, 1.165) is 43.1 Å². The van der Waals surface area contributed by atoms with Crippen LogP contribution < -0.4 is 5.32 Å². The number of para-hydroxylation sites is 1. The summed E-state index contributed by atoms with van der Waals surface area (Å²) in [5, 5.41) is 8.69. The van der Waals surface area contributed by atoms with Crippen LogP contribution in [0.2, 0.25) is 5.02 Å². The number of nitrogens with one attached hydrogen (secondary N) is 1. The van der Waals surface area contributed by atoms with Crippen molar-refractivity contribution in [2.45, 2.75) is 39.2 Å². The molecule has 2 heterocycles. The van der Waals surface area contributed by atoms with Gasteiger partial charge in [0, 0.05) is 25.2 Å². The summed E-state index contributed by atoms with van der Waals surface area (Å²) in [5.41, 5.74) is 5.17. The molecule has 1 aromatic carbocycles. The van der Waals surface area contributed by atoms with Gasteiger partial charge in [-0.05, 0) is 30.4 Å². The van der Waals surface area contributed by atoms with Crippen LogP contribution in [0.5, 0.6) is 0 Å². The van der Waals surface area contributed by atoms with Crippen LogP contribution in [-0.4, -0.2) is 16.3 Å². The second-order valence-electron chi connectivity index (χ2n) is 5.32. The molecule has 1 aromatic heterocycles. The average molecular weight is 290 g/mol. The van der Waals surface area contributed by atoms with Crippen molar-refractivity contribution in [2.75, 3.05) is 11.9 Å². The number of hydrogen-bond donors (Lipinski definition) is 1. The lowest BCUT2D eigenvalue weighted by atomic mass is 9.97. The zero-order valence-corrected chi connectivity index (χ0v) is 12.6. The van der Waals surface area contributed by atoms with Crippen LogP contribution in [-0.2, 0) is 19.4 Å². The van der Waals surface area contributed by atoms with Gasteiger partial charge in [0.25, 0.3) is 0 Å². The Kier molecular flexibility index (Phi) is 3.97. The van der Waals surface area contributed by atoms with E-state index in [1.807, 2.05) is 4.68 Å². The molecule has 0 radical (unpaired) electrons. The Bertz CT molecular complexity index is 604. The number of nitrogens with zero attached hydrogens (tertiary/aromatic N) is 2. The van der Waals surface area contributed by atoms with Gasteiger partial charge in [-0.1, -0.05) is 36.7 Å². The second kappa shape index (κ2) is 5.88. The van der Waals surface area contributed by atoms with Crippen molar-refractivity contribution < 1.29 is 0 Å². The predicted octanol–water partition coefficient (Wildman–Crippen LogP) is 3.90. The van der Waals surface area contributed by atoms with Gasteiger partial charge in [-0.25, -0.2) is 0 Å². The van der Waals surface area contributed by atoms with Gasteiger partial charge >= 0.3 is 0 Å². The molecule has 0 atom stereocenters. The molecule has 3 rings (SSSR count). The molecule has 1 N–H and O–H groups in total. The van der Waals surface area contributed by atoms with Gasteiger partial charge in [-0.15, -0.1) is 0 Å². The van der Waals surface area contributed by atoms with Crippen LogP contribution in [0.4, 0.5) is 5.69 Å². The lowest BCUT2D eigenvalue weighted by molar-refractivity contribution is 0.580. The Morgan fingerprint density at radius 1 is 1.40 bits per heavy atom. The summed E-state index contributed by atoms with van der Waals surface area (Å²) in [6.45, 7) is 4.14. The predicted molar refractivity (Wildman–Crippen MR) is 83.6 cm³/mol. The van der Waals surface area contributed by atoms with Crippen molar-refractivity contribution in [3.05, 3.63) is 46.2 Å². The van der Waals surface area contributed by atoms with Gasteiger partial charge in [-0.2, -0.15) is 5.10 Å². The lowest BCUT2D eigenvalue weighted by Crippen LogP contribution is -2.14. The van der Waals surface area contributed by atoms with E-state index in [1.165, 1.54) is 23.2 Å². The highest BCUT2D eigenvalue weighted by Gasteiger charge is 2.15. The van der Waals surface area contributed by atoms with E-state index in [9.17, 15) is 0 Å². The number of benzene rings is 1. The Morgan fingerprint density at radius 3 is 3.15 bits per heavy atom. The second-order valence-corrected chi connectivity index (χ2v) is 5.73. The number of rotatable bonds is 4. The first-order valence-electron chi connectivity index (χ1n) is 7.34. The molecule has 4 heteroatoms. The molecular formula is C16H20ClN3. The van der Waals surface area contributed by atoms with Crippen molar-refractivity contribution in [2.24, 2.45) is 0 Å². The molecular weight excluding hydrogens is 270 g/mol. The van der Waals surface area contributed by atoms with Crippen molar-refractivity contribution in [1.29, 1.82) is 0 Å². The van der Waals surface area contributed by atoms with Gasteiger partial charge in [0.15, 0.2) is 0 Å². The summed E-state index contributed by atoms with van der Waals surface area (Å²) in [4.78, 5) is 0. The molecule has 1 aliphatic rings. The first-order valence-corrected chi connectivity index (χ1v) is 7.72. The molecule has 0 aliphatic carbocycles. The zero-order valence-electron chi connectivity index (χ0n) is 11.8. The first-order chi connectivity index (χ1) is 9.79. The highest BCUT2D eigenvalue weighted by atomic mass is 35.5. The Balaban J connectivity index is 1.93. The summed E-state index contributed by atoms with van der Waals surface area (Å²) in [6.07, 6.45) is 6.05. The van der Waals surface area contributed by atoms with Gasteiger partial charge in [0.2, 0.25) is 0 Å². The van der Waals surface area contributed by atoms with Crippen LogP contribution in [0.15, 0.2) is 24.4 Å². The minimum absolute atomic E-state index is 0.770.